The smallest absolute Gasteiger partial charge is 0.223 e. The van der Waals surface area contributed by atoms with E-state index in [4.69, 9.17) is 0 Å². The van der Waals surface area contributed by atoms with Crippen LogP contribution in [0.3, 0.4) is 0 Å². The van der Waals surface area contributed by atoms with Gasteiger partial charge in [-0.3, -0.25) is 4.79 Å². The number of aliphatic hydroxyl groups excluding tert-OH is 1. The van der Waals surface area contributed by atoms with Crippen LogP contribution in [-0.2, 0) is 4.79 Å². The van der Waals surface area contributed by atoms with Gasteiger partial charge in [0.15, 0.2) is 0 Å². The number of rotatable bonds is 3. The van der Waals surface area contributed by atoms with E-state index in [2.05, 4.69) is 20.8 Å². The summed E-state index contributed by atoms with van der Waals surface area (Å²) in [4.78, 5) is 14.1. The summed E-state index contributed by atoms with van der Waals surface area (Å²) >= 11 is 0. The molecule has 0 saturated carbocycles. The summed E-state index contributed by atoms with van der Waals surface area (Å²) in [7, 11) is 0. The largest absolute Gasteiger partial charge is 0.388 e. The quantitative estimate of drug-likeness (QED) is 0.928. The average molecular weight is 307 g/mol. The van der Waals surface area contributed by atoms with Gasteiger partial charge in [-0.05, 0) is 41.9 Å². The number of amides is 1. The number of carbonyl (C=O) groups excluding carboxylic acids is 1. The van der Waals surface area contributed by atoms with Gasteiger partial charge in [-0.2, -0.15) is 0 Å². The predicted octanol–water partition coefficient (Wildman–Crippen LogP) is 3.53. The van der Waals surface area contributed by atoms with Gasteiger partial charge in [0.2, 0.25) is 5.91 Å². The number of benzene rings is 1. The summed E-state index contributed by atoms with van der Waals surface area (Å²) < 4.78 is 12.9. The lowest BCUT2D eigenvalue weighted by Gasteiger charge is -2.35. The number of aliphatic hydroxyl groups is 1. The minimum atomic E-state index is -0.583. The standard InChI is InChI=1S/C18H26FNO2/c1-18(2,3)12-16(21)20-10-8-14(9-11-20)17(22)13-4-6-15(19)7-5-13/h4-7,14,17,22H,8-12H2,1-3H3. The minimum Gasteiger partial charge on any atom is -0.388 e. The molecule has 1 unspecified atom stereocenters. The first-order valence-corrected chi connectivity index (χ1v) is 7.97. The van der Waals surface area contributed by atoms with Crippen LogP contribution in [0.5, 0.6) is 0 Å². The molecule has 0 bridgehead atoms. The fraction of sp³-hybridized carbons (Fsp3) is 0.611. The van der Waals surface area contributed by atoms with Crippen molar-refractivity contribution >= 4 is 5.91 Å². The number of hydrogen-bond acceptors (Lipinski definition) is 2. The van der Waals surface area contributed by atoms with Crippen molar-refractivity contribution in [1.82, 2.24) is 4.90 Å². The SMILES string of the molecule is CC(C)(C)CC(=O)N1CCC(C(O)c2ccc(F)cc2)CC1. The van der Waals surface area contributed by atoms with Gasteiger partial charge in [0.25, 0.3) is 0 Å². The molecule has 0 aliphatic carbocycles. The summed E-state index contributed by atoms with van der Waals surface area (Å²) in [6.07, 6.45) is 1.54. The fourth-order valence-corrected chi connectivity index (χ4v) is 2.96. The third-order valence-electron chi connectivity index (χ3n) is 4.23. The molecule has 0 spiro atoms. The Morgan fingerprint density at radius 1 is 1.27 bits per heavy atom. The predicted molar refractivity (Wildman–Crippen MR) is 84.7 cm³/mol. The topological polar surface area (TPSA) is 40.5 Å². The Kier molecular flexibility index (Phi) is 5.22. The lowest BCUT2D eigenvalue weighted by atomic mass is 9.86. The molecule has 1 aromatic carbocycles. The van der Waals surface area contributed by atoms with Gasteiger partial charge in [0, 0.05) is 19.5 Å². The van der Waals surface area contributed by atoms with Crippen molar-refractivity contribution in [2.24, 2.45) is 11.3 Å². The molecule has 1 aliphatic rings. The zero-order valence-electron chi connectivity index (χ0n) is 13.7. The van der Waals surface area contributed by atoms with Gasteiger partial charge in [-0.15, -0.1) is 0 Å². The number of carbonyl (C=O) groups is 1. The van der Waals surface area contributed by atoms with E-state index in [9.17, 15) is 14.3 Å². The van der Waals surface area contributed by atoms with Crippen LogP contribution in [-0.4, -0.2) is 29.0 Å². The third kappa shape index (κ3) is 4.54. The van der Waals surface area contributed by atoms with E-state index < -0.39 is 6.10 Å². The maximum atomic E-state index is 12.9. The zero-order valence-corrected chi connectivity index (χ0v) is 13.7. The first-order chi connectivity index (χ1) is 10.3. The fourth-order valence-electron chi connectivity index (χ4n) is 2.96. The summed E-state index contributed by atoms with van der Waals surface area (Å²) in [6.45, 7) is 7.58. The van der Waals surface area contributed by atoms with Gasteiger partial charge in [0.05, 0.1) is 6.10 Å². The minimum absolute atomic E-state index is 0.00155. The molecule has 122 valence electrons. The van der Waals surface area contributed by atoms with Crippen molar-refractivity contribution in [3.8, 4) is 0 Å². The molecule has 1 aromatic rings. The van der Waals surface area contributed by atoms with E-state index in [0.717, 1.165) is 18.4 Å². The summed E-state index contributed by atoms with van der Waals surface area (Å²) in [5.41, 5.74) is 0.752. The zero-order chi connectivity index (χ0) is 16.3. The molecule has 1 saturated heterocycles. The van der Waals surface area contributed by atoms with Crippen LogP contribution in [0, 0.1) is 17.2 Å². The number of halogens is 1. The van der Waals surface area contributed by atoms with Gasteiger partial charge in [0.1, 0.15) is 5.82 Å². The van der Waals surface area contributed by atoms with Crippen molar-refractivity contribution in [3.63, 3.8) is 0 Å². The van der Waals surface area contributed by atoms with Crippen LogP contribution in [0.4, 0.5) is 4.39 Å². The van der Waals surface area contributed by atoms with Crippen LogP contribution in [0.2, 0.25) is 0 Å². The normalized spacial score (nSPS) is 18.3. The van der Waals surface area contributed by atoms with E-state index in [1.165, 1.54) is 12.1 Å². The molecule has 1 N–H and O–H groups in total. The van der Waals surface area contributed by atoms with Gasteiger partial charge < -0.3 is 10.0 Å². The molecule has 0 radical (unpaired) electrons. The molecule has 3 nitrogen and oxygen atoms in total. The van der Waals surface area contributed by atoms with Crippen molar-refractivity contribution in [3.05, 3.63) is 35.6 Å². The monoisotopic (exact) mass is 307 g/mol. The number of nitrogens with zero attached hydrogens (tertiary/aromatic N) is 1. The summed E-state index contributed by atoms with van der Waals surface area (Å²) in [5, 5.41) is 10.4. The molecule has 1 amide bonds. The molecule has 1 fully saturated rings. The highest BCUT2D eigenvalue weighted by molar-refractivity contribution is 5.76. The van der Waals surface area contributed by atoms with Crippen molar-refractivity contribution < 1.29 is 14.3 Å². The molecule has 4 heteroatoms. The second kappa shape index (κ2) is 6.78. The molecule has 1 atom stereocenters. The maximum Gasteiger partial charge on any atom is 0.223 e. The molecular weight excluding hydrogens is 281 g/mol. The third-order valence-corrected chi connectivity index (χ3v) is 4.23. The van der Waals surface area contributed by atoms with Crippen LogP contribution in [0.15, 0.2) is 24.3 Å². The van der Waals surface area contributed by atoms with Crippen molar-refractivity contribution in [2.45, 2.75) is 46.1 Å². The average Bonchev–Trinajstić information content (AvgIpc) is 2.46. The van der Waals surface area contributed by atoms with Crippen molar-refractivity contribution in [2.75, 3.05) is 13.1 Å². The second-order valence-corrected chi connectivity index (χ2v) is 7.45. The lowest BCUT2D eigenvalue weighted by molar-refractivity contribution is -0.135. The second-order valence-electron chi connectivity index (χ2n) is 7.45. The van der Waals surface area contributed by atoms with Crippen LogP contribution in [0.25, 0.3) is 0 Å². The van der Waals surface area contributed by atoms with Gasteiger partial charge in [-0.1, -0.05) is 32.9 Å². The number of piperidine rings is 1. The Labute approximate surface area is 132 Å². The van der Waals surface area contributed by atoms with Gasteiger partial charge in [-0.25, -0.2) is 4.39 Å². The highest BCUT2D eigenvalue weighted by Crippen LogP contribution is 2.31. The molecule has 1 aliphatic heterocycles. The molecule has 0 aromatic heterocycles. The molecule has 1 heterocycles. The van der Waals surface area contributed by atoms with Crippen molar-refractivity contribution in [1.29, 1.82) is 0 Å². The first kappa shape index (κ1) is 16.9. The Bertz CT molecular complexity index is 499. The molecule has 2 rings (SSSR count). The Morgan fingerprint density at radius 3 is 2.32 bits per heavy atom. The Hall–Kier alpha value is -1.42. The lowest BCUT2D eigenvalue weighted by Crippen LogP contribution is -2.41. The summed E-state index contributed by atoms with van der Waals surface area (Å²) in [6, 6.07) is 6.02. The Balaban J connectivity index is 1.89. The first-order valence-electron chi connectivity index (χ1n) is 7.97. The van der Waals surface area contributed by atoms with Crippen LogP contribution >= 0.6 is 0 Å². The van der Waals surface area contributed by atoms with E-state index in [1.807, 2.05) is 4.90 Å². The van der Waals surface area contributed by atoms with E-state index in [0.29, 0.717) is 19.5 Å². The van der Waals surface area contributed by atoms with Gasteiger partial charge >= 0.3 is 0 Å². The van der Waals surface area contributed by atoms with E-state index >= 15 is 0 Å². The van der Waals surface area contributed by atoms with E-state index in [-0.39, 0.29) is 23.1 Å². The highest BCUT2D eigenvalue weighted by Gasteiger charge is 2.29. The number of likely N-dealkylation sites (tertiary alicyclic amines) is 1. The molecule has 22 heavy (non-hydrogen) atoms. The highest BCUT2D eigenvalue weighted by atomic mass is 19.1. The van der Waals surface area contributed by atoms with Crippen LogP contribution in [0.1, 0.15) is 51.7 Å². The number of hydrogen-bond donors (Lipinski definition) is 1. The maximum absolute atomic E-state index is 12.9. The van der Waals surface area contributed by atoms with Crippen LogP contribution < -0.4 is 0 Å². The Morgan fingerprint density at radius 2 is 1.82 bits per heavy atom. The molecular formula is C18H26FNO2. The summed E-state index contributed by atoms with van der Waals surface area (Å²) in [5.74, 6) is 0.0323. The van der Waals surface area contributed by atoms with E-state index in [1.54, 1.807) is 12.1 Å².